The van der Waals surface area contributed by atoms with Gasteiger partial charge in [0.25, 0.3) is 0 Å². The number of carboxylic acid groups (broad SMARTS) is 2. The highest BCUT2D eigenvalue weighted by Crippen LogP contribution is 2.74. The first-order valence-corrected chi connectivity index (χ1v) is 14.0. The summed E-state index contributed by atoms with van der Waals surface area (Å²) >= 11 is 0. The quantitative estimate of drug-likeness (QED) is 0.407. The summed E-state index contributed by atoms with van der Waals surface area (Å²) in [5.74, 6) is -2.62. The number of hydrogen-bond donors (Lipinski definition) is 2. The summed E-state index contributed by atoms with van der Waals surface area (Å²) in [6.07, 6.45) is 7.13. The molecule has 6 aliphatic rings. The van der Waals surface area contributed by atoms with Crippen LogP contribution in [0.5, 0.6) is 0 Å². The van der Waals surface area contributed by atoms with E-state index in [0.717, 1.165) is 32.1 Å². The van der Waals surface area contributed by atoms with Gasteiger partial charge in [-0.05, 0) is 92.4 Å². The van der Waals surface area contributed by atoms with Crippen LogP contribution in [-0.2, 0) is 14.4 Å². The van der Waals surface area contributed by atoms with E-state index in [-0.39, 0.29) is 46.5 Å². The Morgan fingerprint density at radius 1 is 0.974 bits per heavy atom. The van der Waals surface area contributed by atoms with Gasteiger partial charge in [0.05, 0.1) is 28.5 Å². The summed E-state index contributed by atoms with van der Waals surface area (Å²) in [6.45, 7) is 8.51. The number of allylic oxidation sites excluding steroid dienone is 2. The first-order chi connectivity index (χ1) is 17.9. The molecule has 1 heterocycles. The summed E-state index contributed by atoms with van der Waals surface area (Å²) < 4.78 is 0. The minimum absolute atomic E-state index is 0.0393. The molecule has 1 spiro atoms. The number of carboxylic acids is 2. The van der Waals surface area contributed by atoms with Gasteiger partial charge >= 0.3 is 11.9 Å². The van der Waals surface area contributed by atoms with Crippen LogP contribution >= 0.6 is 0 Å². The van der Waals surface area contributed by atoms with Crippen LogP contribution in [0, 0.1) is 51.8 Å². The van der Waals surface area contributed by atoms with Crippen LogP contribution in [0.15, 0.2) is 35.9 Å². The Bertz CT molecular complexity index is 1280. The molecular weight excluding hydrogens is 482 g/mol. The SMILES string of the molecule is CC(C)C1=C[C@@]23CC[C@@H]4[C@](C)(CCC[C@@]4(C)C(=O)O)[C@H]2C[C@H]1[C@H]1C(=O)N(c2ccc(C(=O)O)cc2)C(=O)[C@H]13. The van der Waals surface area contributed by atoms with E-state index in [1.54, 1.807) is 12.1 Å². The van der Waals surface area contributed by atoms with Gasteiger partial charge in [-0.25, -0.2) is 4.79 Å². The Balaban J connectivity index is 1.46. The van der Waals surface area contributed by atoms with Crippen LogP contribution in [-0.4, -0.2) is 34.0 Å². The number of nitrogens with zero attached hydrogens (tertiary/aromatic N) is 1. The average molecular weight is 520 g/mol. The minimum atomic E-state index is -1.05. The van der Waals surface area contributed by atoms with Crippen LogP contribution in [0.3, 0.4) is 0 Å². The second-order valence-corrected chi connectivity index (χ2v) is 13.3. The van der Waals surface area contributed by atoms with Crippen LogP contribution in [0.25, 0.3) is 0 Å². The number of anilines is 1. The van der Waals surface area contributed by atoms with Crippen LogP contribution in [0.4, 0.5) is 5.69 Å². The number of carbonyl (C=O) groups excluding carboxylic acids is 2. The molecular formula is C31H37NO6. The summed E-state index contributed by atoms with van der Waals surface area (Å²) in [5.41, 5.74) is 0.343. The topological polar surface area (TPSA) is 112 Å². The van der Waals surface area contributed by atoms with Crippen molar-refractivity contribution in [3.05, 3.63) is 41.5 Å². The fraction of sp³-hybridized carbons (Fsp3) is 0.613. The van der Waals surface area contributed by atoms with Crippen molar-refractivity contribution in [2.45, 2.75) is 66.2 Å². The third kappa shape index (κ3) is 3.02. The summed E-state index contributed by atoms with van der Waals surface area (Å²) in [6, 6.07) is 5.99. The average Bonchev–Trinajstić information content (AvgIpc) is 3.15. The summed E-state index contributed by atoms with van der Waals surface area (Å²) in [7, 11) is 0. The lowest BCUT2D eigenvalue weighted by Crippen LogP contribution is -2.65. The van der Waals surface area contributed by atoms with Crippen molar-refractivity contribution < 1.29 is 29.4 Å². The number of aliphatic carboxylic acids is 1. The van der Waals surface area contributed by atoms with Crippen LogP contribution in [0.1, 0.15) is 76.6 Å². The molecule has 7 heteroatoms. The Labute approximate surface area is 223 Å². The first kappa shape index (κ1) is 25.3. The lowest BCUT2D eigenvalue weighted by molar-refractivity contribution is -0.194. The van der Waals surface area contributed by atoms with Crippen LogP contribution < -0.4 is 4.90 Å². The van der Waals surface area contributed by atoms with Crippen molar-refractivity contribution in [3.63, 3.8) is 0 Å². The molecule has 0 aromatic heterocycles. The zero-order valence-electron chi connectivity index (χ0n) is 22.6. The number of hydrogen-bond acceptors (Lipinski definition) is 4. The molecule has 5 aliphatic carbocycles. The highest BCUT2D eigenvalue weighted by Gasteiger charge is 2.73. The standard InChI is InChI=1S/C31H37NO6/c1-16(2)20-15-31-13-10-21-29(3,11-5-12-30(21,4)28(37)38)22(31)14-19(20)23-24(31)26(34)32(25(23)33)18-8-6-17(7-9-18)27(35)36/h6-9,15-16,19,21-24H,5,10-14H2,1-4H3,(H,35,36)(H,37,38)/t19-,21-,22-,23-,24+,29+,30-,31+/m1/s1. The monoisotopic (exact) mass is 519 g/mol. The molecule has 1 saturated heterocycles. The molecule has 1 aliphatic heterocycles. The molecule has 38 heavy (non-hydrogen) atoms. The van der Waals surface area contributed by atoms with E-state index in [0.29, 0.717) is 12.1 Å². The largest absolute Gasteiger partial charge is 0.481 e. The normalized spacial score (nSPS) is 41.4. The van der Waals surface area contributed by atoms with Crippen LogP contribution in [0.2, 0.25) is 0 Å². The molecule has 2 N–H and O–H groups in total. The van der Waals surface area contributed by atoms with Crippen molar-refractivity contribution in [1.29, 1.82) is 0 Å². The number of imide groups is 1. The van der Waals surface area contributed by atoms with E-state index in [9.17, 15) is 29.4 Å². The van der Waals surface area contributed by atoms with Gasteiger partial charge in [-0.1, -0.05) is 38.8 Å². The van der Waals surface area contributed by atoms with Crippen molar-refractivity contribution in [1.82, 2.24) is 0 Å². The van der Waals surface area contributed by atoms with E-state index in [2.05, 4.69) is 26.8 Å². The number of aromatic carboxylic acids is 1. The molecule has 7 rings (SSSR count). The molecule has 2 bridgehead atoms. The Hall–Kier alpha value is -2.96. The van der Waals surface area contributed by atoms with E-state index < -0.39 is 34.6 Å². The number of benzene rings is 1. The van der Waals surface area contributed by atoms with Gasteiger partial charge < -0.3 is 10.2 Å². The Kier molecular flexibility index (Phi) is 5.35. The zero-order chi connectivity index (χ0) is 27.4. The van der Waals surface area contributed by atoms with Gasteiger partial charge in [0.2, 0.25) is 11.8 Å². The predicted octanol–water partition coefficient (Wildman–Crippen LogP) is 5.40. The van der Waals surface area contributed by atoms with E-state index in [4.69, 9.17) is 0 Å². The lowest BCUT2D eigenvalue weighted by atomic mass is 9.34. The number of carbonyl (C=O) groups is 4. The summed E-state index contributed by atoms with van der Waals surface area (Å²) in [4.78, 5) is 53.5. The Morgan fingerprint density at radius 3 is 2.26 bits per heavy atom. The lowest BCUT2D eigenvalue weighted by Gasteiger charge is -2.68. The minimum Gasteiger partial charge on any atom is -0.481 e. The smallest absolute Gasteiger partial charge is 0.335 e. The van der Waals surface area contributed by atoms with Gasteiger partial charge in [0.1, 0.15) is 0 Å². The number of fused-ring (bicyclic) bond motifs is 1. The van der Waals surface area contributed by atoms with Crippen molar-refractivity contribution >= 4 is 29.4 Å². The molecule has 2 amide bonds. The van der Waals surface area contributed by atoms with Gasteiger partial charge in [0, 0.05) is 5.41 Å². The highest BCUT2D eigenvalue weighted by atomic mass is 16.4. The number of rotatable bonds is 4. The van der Waals surface area contributed by atoms with Crippen molar-refractivity contribution in [2.75, 3.05) is 4.90 Å². The maximum absolute atomic E-state index is 14.3. The second kappa shape index (κ2) is 8.03. The maximum atomic E-state index is 14.3. The van der Waals surface area contributed by atoms with Gasteiger partial charge in [-0.2, -0.15) is 0 Å². The fourth-order valence-corrected chi connectivity index (χ4v) is 9.97. The predicted molar refractivity (Wildman–Crippen MR) is 140 cm³/mol. The molecule has 0 unspecified atom stereocenters. The van der Waals surface area contributed by atoms with Gasteiger partial charge in [0.15, 0.2) is 0 Å². The number of amides is 2. The molecule has 1 aromatic carbocycles. The van der Waals surface area contributed by atoms with E-state index in [1.807, 2.05) is 6.92 Å². The molecule has 202 valence electrons. The fourth-order valence-electron chi connectivity index (χ4n) is 9.97. The van der Waals surface area contributed by atoms with Crippen molar-refractivity contribution in [3.8, 4) is 0 Å². The highest BCUT2D eigenvalue weighted by molar-refractivity contribution is 6.23. The second-order valence-electron chi connectivity index (χ2n) is 13.3. The van der Waals surface area contributed by atoms with Crippen molar-refractivity contribution in [2.24, 2.45) is 51.8 Å². The maximum Gasteiger partial charge on any atom is 0.335 e. The Morgan fingerprint density at radius 2 is 1.66 bits per heavy atom. The molecule has 7 nitrogen and oxygen atoms in total. The van der Waals surface area contributed by atoms with E-state index >= 15 is 0 Å². The third-order valence-corrected chi connectivity index (χ3v) is 11.5. The molecule has 8 atom stereocenters. The molecule has 4 fully saturated rings. The first-order valence-electron chi connectivity index (χ1n) is 14.0. The molecule has 1 aromatic rings. The molecule has 3 saturated carbocycles. The summed E-state index contributed by atoms with van der Waals surface area (Å²) in [5, 5.41) is 19.6. The van der Waals surface area contributed by atoms with E-state index in [1.165, 1.54) is 22.6 Å². The van der Waals surface area contributed by atoms with Gasteiger partial charge in [-0.15, -0.1) is 0 Å². The zero-order valence-corrected chi connectivity index (χ0v) is 22.6. The molecule has 0 radical (unpaired) electrons. The van der Waals surface area contributed by atoms with Gasteiger partial charge in [-0.3, -0.25) is 19.3 Å². The third-order valence-electron chi connectivity index (χ3n) is 11.5.